The van der Waals surface area contributed by atoms with Crippen molar-refractivity contribution in [2.24, 2.45) is 5.41 Å². The lowest BCUT2D eigenvalue weighted by atomic mass is 9.70. The Bertz CT molecular complexity index is 1010. The zero-order valence-corrected chi connectivity index (χ0v) is 18.3. The molecule has 3 atom stereocenters. The number of nitrogens with zero attached hydrogens (tertiary/aromatic N) is 1. The quantitative estimate of drug-likeness (QED) is 0.561. The third-order valence-electron chi connectivity index (χ3n) is 6.29. The van der Waals surface area contributed by atoms with Gasteiger partial charge in [-0.05, 0) is 17.5 Å². The van der Waals surface area contributed by atoms with Crippen molar-refractivity contribution in [2.45, 2.75) is 44.4 Å². The van der Waals surface area contributed by atoms with Crippen LogP contribution in [0.3, 0.4) is 0 Å². The predicted octanol–water partition coefficient (Wildman–Crippen LogP) is 2.89. The molecular weight excluding hydrogens is 394 g/mol. The minimum atomic E-state index is -1.80. The first-order valence-electron chi connectivity index (χ1n) is 10.4. The van der Waals surface area contributed by atoms with Gasteiger partial charge in [-0.15, -0.1) is 0 Å². The maximum atomic E-state index is 14.3. The molecule has 4 rings (SSSR count). The minimum Gasteiger partial charge on any atom is -0.467 e. The summed E-state index contributed by atoms with van der Waals surface area (Å²) in [4.78, 5) is 43.0. The van der Waals surface area contributed by atoms with Crippen LogP contribution in [-0.4, -0.2) is 48.0 Å². The van der Waals surface area contributed by atoms with Gasteiger partial charge in [-0.25, -0.2) is 4.79 Å². The van der Waals surface area contributed by atoms with Crippen LogP contribution in [0.1, 0.15) is 31.9 Å². The maximum absolute atomic E-state index is 14.3. The topological polar surface area (TPSA) is 72.9 Å². The van der Waals surface area contributed by atoms with Gasteiger partial charge in [-0.2, -0.15) is 0 Å². The molecule has 0 bridgehead atoms. The number of carbonyl (C=O) groups excluding carboxylic acids is 3. The molecule has 0 aromatic heterocycles. The minimum absolute atomic E-state index is 0.154. The van der Waals surface area contributed by atoms with Crippen molar-refractivity contribution < 1.29 is 23.9 Å². The molecule has 0 radical (unpaired) electrons. The average molecular weight is 421 g/mol. The van der Waals surface area contributed by atoms with Gasteiger partial charge >= 0.3 is 5.97 Å². The highest BCUT2D eigenvalue weighted by Gasteiger charge is 2.76. The van der Waals surface area contributed by atoms with Crippen molar-refractivity contribution in [1.82, 2.24) is 4.90 Å². The van der Waals surface area contributed by atoms with Crippen LogP contribution in [0.2, 0.25) is 0 Å². The summed E-state index contributed by atoms with van der Waals surface area (Å²) in [5.41, 5.74) is -2.44. The van der Waals surface area contributed by atoms with Gasteiger partial charge in [0.2, 0.25) is 11.4 Å². The van der Waals surface area contributed by atoms with E-state index in [2.05, 4.69) is 0 Å². The van der Waals surface area contributed by atoms with Crippen LogP contribution in [0.15, 0.2) is 60.7 Å². The first-order chi connectivity index (χ1) is 14.7. The number of hydrogen-bond donors (Lipinski definition) is 0. The second-order valence-corrected chi connectivity index (χ2v) is 9.32. The highest BCUT2D eigenvalue weighted by molar-refractivity contribution is 6.29. The zero-order valence-electron chi connectivity index (χ0n) is 18.3. The zero-order chi connectivity index (χ0) is 22.4. The lowest BCUT2D eigenvalue weighted by Gasteiger charge is -2.36. The summed E-state index contributed by atoms with van der Waals surface area (Å²) in [6, 6.07) is 18.4. The maximum Gasteiger partial charge on any atom is 0.342 e. The van der Waals surface area contributed by atoms with E-state index in [1.165, 1.54) is 12.0 Å². The summed E-state index contributed by atoms with van der Waals surface area (Å²) >= 11 is 0. The Balaban J connectivity index is 1.97. The third kappa shape index (κ3) is 2.92. The number of benzene rings is 2. The molecule has 2 aliphatic heterocycles. The van der Waals surface area contributed by atoms with E-state index in [1.807, 2.05) is 57.2 Å². The summed E-state index contributed by atoms with van der Waals surface area (Å²) in [5.74, 6) is -1.67. The summed E-state index contributed by atoms with van der Waals surface area (Å²) in [5, 5.41) is 0. The van der Waals surface area contributed by atoms with Crippen LogP contribution in [0, 0.1) is 5.41 Å². The highest BCUT2D eigenvalue weighted by atomic mass is 16.6. The van der Waals surface area contributed by atoms with Gasteiger partial charge < -0.3 is 9.47 Å². The number of carbonyl (C=O) groups is 3. The fourth-order valence-electron chi connectivity index (χ4n) is 4.85. The monoisotopic (exact) mass is 421 g/mol. The third-order valence-corrected chi connectivity index (χ3v) is 6.29. The lowest BCUT2D eigenvalue weighted by molar-refractivity contribution is -0.160. The summed E-state index contributed by atoms with van der Waals surface area (Å²) in [6.45, 7) is 5.54. The number of methoxy groups -OCH3 is 1. The summed E-state index contributed by atoms with van der Waals surface area (Å²) in [6.07, 6.45) is -0.578. The van der Waals surface area contributed by atoms with E-state index < -0.39 is 40.3 Å². The van der Waals surface area contributed by atoms with Crippen molar-refractivity contribution in [3.63, 3.8) is 0 Å². The van der Waals surface area contributed by atoms with Crippen LogP contribution in [0.5, 0.6) is 0 Å². The molecule has 0 N–H and O–H groups in total. The molecule has 1 amide bonds. The Morgan fingerprint density at radius 3 is 2.19 bits per heavy atom. The molecule has 0 unspecified atom stereocenters. The molecule has 0 saturated carbocycles. The lowest BCUT2D eigenvalue weighted by Crippen LogP contribution is -2.58. The van der Waals surface area contributed by atoms with E-state index in [1.54, 1.807) is 24.3 Å². The normalized spacial score (nSPS) is 28.0. The van der Waals surface area contributed by atoms with Crippen LogP contribution in [0.25, 0.3) is 0 Å². The predicted molar refractivity (Wildman–Crippen MR) is 114 cm³/mol. The molecule has 2 aromatic carbocycles. The van der Waals surface area contributed by atoms with Gasteiger partial charge in [0.15, 0.2) is 5.78 Å². The molecule has 0 aliphatic carbocycles. The van der Waals surface area contributed by atoms with Crippen molar-refractivity contribution in [3.05, 3.63) is 71.8 Å². The highest BCUT2D eigenvalue weighted by Crippen LogP contribution is 2.51. The van der Waals surface area contributed by atoms with Crippen LogP contribution in [-0.2, 0) is 35.7 Å². The van der Waals surface area contributed by atoms with E-state index in [-0.39, 0.29) is 13.0 Å². The summed E-state index contributed by atoms with van der Waals surface area (Å²) in [7, 11) is 1.23. The SMILES string of the molecule is COC(=O)[C@]12CO[C@H](C(C)(C)C)N1C(=O)[C@@](Cc1ccccc1)(c1ccccc1)C2=O. The molecule has 2 saturated heterocycles. The van der Waals surface area contributed by atoms with Crippen LogP contribution >= 0.6 is 0 Å². The molecule has 6 heteroatoms. The number of fused-ring (bicyclic) bond motifs is 1. The van der Waals surface area contributed by atoms with E-state index in [0.29, 0.717) is 5.56 Å². The average Bonchev–Trinajstić information content (AvgIpc) is 3.26. The van der Waals surface area contributed by atoms with Crippen molar-refractivity contribution in [3.8, 4) is 0 Å². The Labute approximate surface area is 182 Å². The molecule has 31 heavy (non-hydrogen) atoms. The number of ketones is 1. The molecule has 2 aromatic rings. The standard InChI is InChI=1S/C25H27NO5/c1-23(2,3)21-26-20(28)24(18-13-9-6-10-14-18,15-17-11-7-5-8-12-17)19(27)25(26,16-31-21)22(29)30-4/h5-14,21H,15-16H2,1-4H3/t21-,24+,25-/m1/s1. The van der Waals surface area contributed by atoms with Crippen LogP contribution < -0.4 is 0 Å². The summed E-state index contributed by atoms with van der Waals surface area (Å²) < 4.78 is 11.0. The van der Waals surface area contributed by atoms with Gasteiger partial charge in [0.05, 0.1) is 13.7 Å². The number of esters is 1. The van der Waals surface area contributed by atoms with Gasteiger partial charge in [-0.1, -0.05) is 81.4 Å². The Morgan fingerprint density at radius 1 is 1.06 bits per heavy atom. The molecule has 0 spiro atoms. The van der Waals surface area contributed by atoms with E-state index in [4.69, 9.17) is 9.47 Å². The van der Waals surface area contributed by atoms with E-state index in [0.717, 1.165) is 5.56 Å². The largest absolute Gasteiger partial charge is 0.467 e. The van der Waals surface area contributed by atoms with E-state index >= 15 is 0 Å². The fourth-order valence-corrected chi connectivity index (χ4v) is 4.85. The Kier molecular flexibility index (Phi) is 5.01. The number of amides is 1. The van der Waals surface area contributed by atoms with Crippen molar-refractivity contribution in [2.75, 3.05) is 13.7 Å². The molecule has 162 valence electrons. The Hall–Kier alpha value is -2.99. The van der Waals surface area contributed by atoms with Crippen LogP contribution in [0.4, 0.5) is 0 Å². The second kappa shape index (κ2) is 7.31. The molecule has 2 heterocycles. The number of hydrogen-bond acceptors (Lipinski definition) is 5. The first-order valence-corrected chi connectivity index (χ1v) is 10.4. The fraction of sp³-hybridized carbons (Fsp3) is 0.400. The number of rotatable bonds is 4. The van der Waals surface area contributed by atoms with E-state index in [9.17, 15) is 14.4 Å². The van der Waals surface area contributed by atoms with Gasteiger partial charge in [-0.3, -0.25) is 14.5 Å². The first kappa shape index (κ1) is 21.2. The number of Topliss-reactive ketones (excluding diaryl/α,β-unsaturated/α-hetero) is 1. The number of ether oxygens (including phenoxy) is 2. The molecular formula is C25H27NO5. The van der Waals surface area contributed by atoms with Gasteiger partial charge in [0, 0.05) is 5.41 Å². The molecule has 2 aliphatic rings. The smallest absolute Gasteiger partial charge is 0.342 e. The van der Waals surface area contributed by atoms with Gasteiger partial charge in [0.1, 0.15) is 11.6 Å². The van der Waals surface area contributed by atoms with Gasteiger partial charge in [0.25, 0.3) is 0 Å². The van der Waals surface area contributed by atoms with Crippen molar-refractivity contribution in [1.29, 1.82) is 0 Å². The molecule has 2 fully saturated rings. The second-order valence-electron chi connectivity index (χ2n) is 9.32. The molecule has 6 nitrogen and oxygen atoms in total. The van der Waals surface area contributed by atoms with Crippen molar-refractivity contribution >= 4 is 17.7 Å². The Morgan fingerprint density at radius 2 is 1.65 bits per heavy atom.